The molecule has 3 aromatic rings. The van der Waals surface area contributed by atoms with Crippen LogP contribution in [0.4, 0.5) is 27.5 Å². The number of nitrogens with one attached hydrogen (secondary N) is 2. The van der Waals surface area contributed by atoms with Gasteiger partial charge in [-0.15, -0.1) is 0 Å². The summed E-state index contributed by atoms with van der Waals surface area (Å²) >= 11 is 24.1. The molecule has 128 valence electrons. The first-order valence-electron chi connectivity index (χ1n) is 6.90. The second-order valence-electron chi connectivity index (χ2n) is 4.84. The zero-order valence-electron chi connectivity index (χ0n) is 12.3. The summed E-state index contributed by atoms with van der Waals surface area (Å²) in [5, 5.41) is 6.96. The number of benzene rings is 2. The number of aromatic nitrogens is 2. The van der Waals surface area contributed by atoms with Crippen LogP contribution in [0.5, 0.6) is 0 Å². The summed E-state index contributed by atoms with van der Waals surface area (Å²) in [5.74, 6) is -0.593. The van der Waals surface area contributed by atoms with Gasteiger partial charge in [-0.05, 0) is 24.3 Å². The maximum absolute atomic E-state index is 14.0. The lowest BCUT2D eigenvalue weighted by atomic mass is 10.3. The minimum Gasteiger partial charge on any atom is -0.336 e. The molecule has 0 aliphatic rings. The third-order valence-corrected chi connectivity index (χ3v) is 4.78. The van der Waals surface area contributed by atoms with Crippen molar-refractivity contribution >= 4 is 69.5 Å². The average Bonchev–Trinajstić information content (AvgIpc) is 2.59. The summed E-state index contributed by atoms with van der Waals surface area (Å²) in [7, 11) is 0. The SMILES string of the molecule is Fc1cnc(Nc2cccc(Cl)c2Cl)nc1Nc1cccc(Cl)c1Cl. The van der Waals surface area contributed by atoms with Gasteiger partial charge in [-0.1, -0.05) is 58.5 Å². The van der Waals surface area contributed by atoms with Crippen LogP contribution in [0.3, 0.4) is 0 Å². The van der Waals surface area contributed by atoms with E-state index in [4.69, 9.17) is 46.4 Å². The predicted molar refractivity (Wildman–Crippen MR) is 101 cm³/mol. The van der Waals surface area contributed by atoms with Crippen molar-refractivity contribution in [1.82, 2.24) is 9.97 Å². The lowest BCUT2D eigenvalue weighted by Crippen LogP contribution is -2.04. The second kappa shape index (κ2) is 7.62. The maximum atomic E-state index is 14.0. The van der Waals surface area contributed by atoms with Crippen LogP contribution >= 0.6 is 46.4 Å². The monoisotopic (exact) mass is 416 g/mol. The molecule has 0 spiro atoms. The van der Waals surface area contributed by atoms with Gasteiger partial charge in [-0.2, -0.15) is 4.98 Å². The Morgan fingerprint density at radius 2 is 1.36 bits per heavy atom. The van der Waals surface area contributed by atoms with Gasteiger partial charge in [0.15, 0.2) is 11.6 Å². The highest BCUT2D eigenvalue weighted by atomic mass is 35.5. The summed E-state index contributed by atoms with van der Waals surface area (Å²) in [6.07, 6.45) is 1.02. The number of halogens is 5. The van der Waals surface area contributed by atoms with Gasteiger partial charge >= 0.3 is 0 Å². The lowest BCUT2D eigenvalue weighted by molar-refractivity contribution is 0.619. The highest BCUT2D eigenvalue weighted by Gasteiger charge is 2.12. The van der Waals surface area contributed by atoms with Gasteiger partial charge in [0.05, 0.1) is 37.7 Å². The average molecular weight is 418 g/mol. The minimum atomic E-state index is -0.654. The molecule has 2 N–H and O–H groups in total. The summed E-state index contributed by atoms with van der Waals surface area (Å²) in [6.45, 7) is 0. The highest BCUT2D eigenvalue weighted by molar-refractivity contribution is 6.44. The molecule has 1 aromatic heterocycles. The molecule has 0 saturated carbocycles. The van der Waals surface area contributed by atoms with E-state index in [0.717, 1.165) is 6.20 Å². The van der Waals surface area contributed by atoms with Crippen LogP contribution in [0.25, 0.3) is 0 Å². The summed E-state index contributed by atoms with van der Waals surface area (Å²) in [4.78, 5) is 7.98. The summed E-state index contributed by atoms with van der Waals surface area (Å²) < 4.78 is 14.0. The largest absolute Gasteiger partial charge is 0.336 e. The fraction of sp³-hybridized carbons (Fsp3) is 0. The van der Waals surface area contributed by atoms with E-state index < -0.39 is 5.82 Å². The van der Waals surface area contributed by atoms with Crippen LogP contribution in [0.2, 0.25) is 20.1 Å². The Morgan fingerprint density at radius 1 is 0.800 bits per heavy atom. The molecular weight excluding hydrogens is 409 g/mol. The van der Waals surface area contributed by atoms with Crippen molar-refractivity contribution in [2.24, 2.45) is 0 Å². The van der Waals surface area contributed by atoms with Gasteiger partial charge in [-0.3, -0.25) is 0 Å². The molecular formula is C16H9Cl4FN4. The standard InChI is InChI=1S/C16H9Cl4FN4/c17-8-3-1-5-11(13(8)19)23-15-10(21)7-22-16(25-15)24-12-6-2-4-9(18)14(12)20/h1-7H,(H2,22,23,24,25). The van der Waals surface area contributed by atoms with Crippen LogP contribution in [0.1, 0.15) is 0 Å². The number of hydrogen-bond donors (Lipinski definition) is 2. The molecule has 9 heteroatoms. The molecule has 0 fully saturated rings. The van der Waals surface area contributed by atoms with Crippen molar-refractivity contribution < 1.29 is 4.39 Å². The van der Waals surface area contributed by atoms with E-state index in [1.807, 2.05) is 0 Å². The Kier molecular flexibility index (Phi) is 5.49. The first-order chi connectivity index (χ1) is 12.0. The van der Waals surface area contributed by atoms with E-state index in [1.165, 1.54) is 0 Å². The zero-order valence-corrected chi connectivity index (χ0v) is 15.3. The predicted octanol–water partition coefficient (Wildman–Crippen LogP) is 6.72. The van der Waals surface area contributed by atoms with E-state index in [2.05, 4.69) is 20.6 Å². The van der Waals surface area contributed by atoms with Crippen LogP contribution < -0.4 is 10.6 Å². The Bertz CT molecular complexity index is 936. The van der Waals surface area contributed by atoms with Gasteiger partial charge in [0.1, 0.15) is 0 Å². The summed E-state index contributed by atoms with van der Waals surface area (Å²) in [6, 6.07) is 10.0. The van der Waals surface area contributed by atoms with Gasteiger partial charge in [-0.25, -0.2) is 9.37 Å². The van der Waals surface area contributed by atoms with Crippen LogP contribution in [0.15, 0.2) is 42.6 Å². The number of nitrogens with zero attached hydrogens (tertiary/aromatic N) is 2. The van der Waals surface area contributed by atoms with E-state index in [9.17, 15) is 4.39 Å². The van der Waals surface area contributed by atoms with E-state index >= 15 is 0 Å². The quantitative estimate of drug-likeness (QED) is 0.494. The van der Waals surface area contributed by atoms with Crippen molar-refractivity contribution in [2.45, 2.75) is 0 Å². The Labute approximate surface area is 162 Å². The smallest absolute Gasteiger partial charge is 0.229 e. The second-order valence-corrected chi connectivity index (χ2v) is 6.41. The van der Waals surface area contributed by atoms with E-state index in [-0.39, 0.29) is 16.8 Å². The summed E-state index contributed by atoms with van der Waals surface area (Å²) in [5.41, 5.74) is 0.908. The molecule has 1 heterocycles. The zero-order chi connectivity index (χ0) is 18.0. The Hall–Kier alpha value is -1.79. The third-order valence-electron chi connectivity index (χ3n) is 3.15. The van der Waals surface area contributed by atoms with Crippen molar-refractivity contribution in [1.29, 1.82) is 0 Å². The molecule has 0 aliphatic heterocycles. The molecule has 0 amide bonds. The fourth-order valence-corrected chi connectivity index (χ4v) is 2.66. The lowest BCUT2D eigenvalue weighted by Gasteiger charge is -2.12. The van der Waals surface area contributed by atoms with E-state index in [1.54, 1.807) is 36.4 Å². The molecule has 2 aromatic carbocycles. The Balaban J connectivity index is 1.90. The number of rotatable bonds is 4. The van der Waals surface area contributed by atoms with Gasteiger partial charge in [0.2, 0.25) is 5.95 Å². The minimum absolute atomic E-state index is 0.0696. The molecule has 4 nitrogen and oxygen atoms in total. The Morgan fingerprint density at radius 3 is 1.96 bits per heavy atom. The van der Waals surface area contributed by atoms with Crippen LogP contribution in [-0.4, -0.2) is 9.97 Å². The fourth-order valence-electron chi connectivity index (χ4n) is 1.96. The molecule has 0 atom stereocenters. The molecule has 3 rings (SSSR count). The number of hydrogen-bond acceptors (Lipinski definition) is 4. The maximum Gasteiger partial charge on any atom is 0.229 e. The van der Waals surface area contributed by atoms with E-state index in [0.29, 0.717) is 26.4 Å². The molecule has 0 saturated heterocycles. The van der Waals surface area contributed by atoms with Crippen molar-refractivity contribution in [3.8, 4) is 0 Å². The topological polar surface area (TPSA) is 49.8 Å². The van der Waals surface area contributed by atoms with Gasteiger partial charge in [0.25, 0.3) is 0 Å². The first kappa shape index (κ1) is 18.0. The highest BCUT2D eigenvalue weighted by Crippen LogP contribution is 2.33. The van der Waals surface area contributed by atoms with Crippen molar-refractivity contribution in [2.75, 3.05) is 10.6 Å². The first-order valence-corrected chi connectivity index (χ1v) is 8.41. The molecule has 25 heavy (non-hydrogen) atoms. The number of anilines is 4. The third kappa shape index (κ3) is 4.07. The van der Waals surface area contributed by atoms with Gasteiger partial charge < -0.3 is 10.6 Å². The van der Waals surface area contributed by atoms with Crippen LogP contribution in [0, 0.1) is 5.82 Å². The van der Waals surface area contributed by atoms with Crippen LogP contribution in [-0.2, 0) is 0 Å². The molecule has 0 radical (unpaired) electrons. The normalized spacial score (nSPS) is 10.6. The molecule has 0 aliphatic carbocycles. The van der Waals surface area contributed by atoms with Crippen molar-refractivity contribution in [3.63, 3.8) is 0 Å². The van der Waals surface area contributed by atoms with Gasteiger partial charge in [0, 0.05) is 0 Å². The molecule has 0 unspecified atom stereocenters. The molecule has 0 bridgehead atoms. The van der Waals surface area contributed by atoms with Crippen molar-refractivity contribution in [3.05, 3.63) is 68.5 Å².